The lowest BCUT2D eigenvalue weighted by atomic mass is 9.69. The molecule has 0 spiro atoms. The molecule has 5 unspecified atom stereocenters. The van der Waals surface area contributed by atoms with Crippen LogP contribution in [-0.2, 0) is 0 Å². The van der Waals surface area contributed by atoms with E-state index in [2.05, 4.69) is 44.2 Å². The van der Waals surface area contributed by atoms with E-state index in [1.807, 2.05) is 0 Å². The van der Waals surface area contributed by atoms with Crippen LogP contribution in [0.4, 0.5) is 0 Å². The smallest absolute Gasteiger partial charge is 0.0709 e. The van der Waals surface area contributed by atoms with Crippen molar-refractivity contribution in [2.45, 2.75) is 51.0 Å². The Balaban J connectivity index is 1.76. The Labute approximate surface area is 110 Å². The van der Waals surface area contributed by atoms with Gasteiger partial charge in [0.15, 0.2) is 0 Å². The lowest BCUT2D eigenvalue weighted by Crippen LogP contribution is -2.44. The van der Waals surface area contributed by atoms with Crippen LogP contribution in [0.1, 0.15) is 51.0 Å². The maximum atomic E-state index is 11.1. The maximum Gasteiger partial charge on any atom is 0.0709 e. The van der Waals surface area contributed by atoms with Crippen LogP contribution in [0, 0.1) is 17.8 Å². The summed E-state index contributed by atoms with van der Waals surface area (Å²) in [6.07, 6.45) is 4.65. The molecule has 2 fully saturated rings. The molecule has 0 radical (unpaired) electrons. The summed E-state index contributed by atoms with van der Waals surface area (Å²) in [5.74, 6) is 2.25. The first kappa shape index (κ1) is 12.2. The van der Waals surface area contributed by atoms with Crippen molar-refractivity contribution < 1.29 is 5.11 Å². The number of hydrogen-bond donors (Lipinski definition) is 1. The van der Waals surface area contributed by atoms with Crippen LogP contribution in [0.2, 0.25) is 0 Å². The van der Waals surface area contributed by atoms with E-state index < -0.39 is 5.60 Å². The van der Waals surface area contributed by atoms with Crippen LogP contribution in [0.15, 0.2) is 30.3 Å². The summed E-state index contributed by atoms with van der Waals surface area (Å²) < 4.78 is 0. The van der Waals surface area contributed by atoms with E-state index in [9.17, 15) is 5.11 Å². The van der Waals surface area contributed by atoms with Crippen LogP contribution in [-0.4, -0.2) is 10.7 Å². The summed E-state index contributed by atoms with van der Waals surface area (Å²) in [5, 5.41) is 11.1. The summed E-state index contributed by atoms with van der Waals surface area (Å²) in [4.78, 5) is 0. The second-order valence-electron chi connectivity index (χ2n) is 6.64. The highest BCUT2D eigenvalue weighted by Gasteiger charge is 2.55. The van der Waals surface area contributed by atoms with Gasteiger partial charge < -0.3 is 5.11 Å². The zero-order valence-electron chi connectivity index (χ0n) is 11.5. The second kappa shape index (κ2) is 4.38. The molecule has 0 bridgehead atoms. The summed E-state index contributed by atoms with van der Waals surface area (Å²) >= 11 is 0. The van der Waals surface area contributed by atoms with E-state index in [0.717, 1.165) is 6.42 Å². The fraction of sp³-hybridized carbons (Fsp3) is 0.647. The molecule has 5 atom stereocenters. The van der Waals surface area contributed by atoms with Gasteiger partial charge in [0.25, 0.3) is 0 Å². The number of rotatable bonds is 2. The summed E-state index contributed by atoms with van der Waals surface area (Å²) in [7, 11) is 0. The van der Waals surface area contributed by atoms with Crippen molar-refractivity contribution in [1.82, 2.24) is 0 Å². The van der Waals surface area contributed by atoms with Gasteiger partial charge in [-0.2, -0.15) is 0 Å². The van der Waals surface area contributed by atoms with Gasteiger partial charge >= 0.3 is 0 Å². The van der Waals surface area contributed by atoms with E-state index in [4.69, 9.17) is 0 Å². The molecule has 1 aromatic rings. The molecule has 0 aromatic heterocycles. The normalized spacial score (nSPS) is 43.7. The summed E-state index contributed by atoms with van der Waals surface area (Å²) in [6.45, 7) is 4.53. The highest BCUT2D eigenvalue weighted by molar-refractivity contribution is 5.28. The second-order valence-corrected chi connectivity index (χ2v) is 6.64. The average molecular weight is 244 g/mol. The zero-order valence-corrected chi connectivity index (χ0v) is 11.5. The molecule has 18 heavy (non-hydrogen) atoms. The third kappa shape index (κ3) is 1.99. The minimum absolute atomic E-state index is 0.405. The first-order chi connectivity index (χ1) is 8.61. The van der Waals surface area contributed by atoms with Gasteiger partial charge in [0.1, 0.15) is 0 Å². The summed E-state index contributed by atoms with van der Waals surface area (Å²) in [5.41, 5.74) is 1.01. The van der Waals surface area contributed by atoms with Gasteiger partial charge in [-0.15, -0.1) is 0 Å². The third-order valence-electron chi connectivity index (χ3n) is 5.28. The third-order valence-corrected chi connectivity index (χ3v) is 5.28. The Morgan fingerprint density at radius 2 is 1.83 bits per heavy atom. The fourth-order valence-corrected chi connectivity index (χ4v) is 3.98. The average Bonchev–Trinajstić information content (AvgIpc) is 3.16. The van der Waals surface area contributed by atoms with Crippen molar-refractivity contribution in [3.05, 3.63) is 35.9 Å². The molecule has 2 aliphatic carbocycles. The minimum atomic E-state index is -0.405. The minimum Gasteiger partial charge on any atom is -0.389 e. The van der Waals surface area contributed by atoms with Gasteiger partial charge in [0.2, 0.25) is 0 Å². The molecule has 98 valence electrons. The van der Waals surface area contributed by atoms with Crippen LogP contribution >= 0.6 is 0 Å². The van der Waals surface area contributed by atoms with Crippen molar-refractivity contribution in [2.75, 3.05) is 0 Å². The molecule has 1 nitrogen and oxygen atoms in total. The molecule has 1 heteroatoms. The predicted octanol–water partition coefficient (Wildman–Crippen LogP) is 3.98. The number of hydrogen-bond acceptors (Lipinski definition) is 1. The first-order valence-electron chi connectivity index (χ1n) is 7.38. The van der Waals surface area contributed by atoms with Crippen molar-refractivity contribution in [2.24, 2.45) is 17.8 Å². The van der Waals surface area contributed by atoms with Crippen LogP contribution in [0.5, 0.6) is 0 Å². The summed E-state index contributed by atoms with van der Waals surface area (Å²) in [6, 6.07) is 10.7. The first-order valence-corrected chi connectivity index (χ1v) is 7.38. The quantitative estimate of drug-likeness (QED) is 0.834. The monoisotopic (exact) mass is 244 g/mol. The van der Waals surface area contributed by atoms with Gasteiger partial charge in [0.05, 0.1) is 5.60 Å². The van der Waals surface area contributed by atoms with Gasteiger partial charge in [-0.1, -0.05) is 50.6 Å². The number of aliphatic hydroxyl groups is 1. The van der Waals surface area contributed by atoms with Gasteiger partial charge in [0, 0.05) is 0 Å². The largest absolute Gasteiger partial charge is 0.389 e. The van der Waals surface area contributed by atoms with E-state index in [-0.39, 0.29) is 0 Å². The molecule has 0 saturated heterocycles. The van der Waals surface area contributed by atoms with E-state index in [1.165, 1.54) is 24.8 Å². The SMILES string of the molecule is CC1CCC(C)C(O)(C2CC2c2ccccc2)C1. The number of benzene rings is 1. The van der Waals surface area contributed by atoms with Crippen molar-refractivity contribution in [1.29, 1.82) is 0 Å². The lowest BCUT2D eigenvalue weighted by molar-refractivity contribution is -0.0760. The molecule has 0 amide bonds. The standard InChI is InChI=1S/C17H24O/c1-12-8-9-13(2)17(18,11-12)16-10-15(16)14-6-4-3-5-7-14/h3-7,12-13,15-16,18H,8-11H2,1-2H3. The van der Waals surface area contributed by atoms with E-state index in [0.29, 0.717) is 23.7 Å². The van der Waals surface area contributed by atoms with Gasteiger partial charge in [-0.3, -0.25) is 0 Å². The molecule has 0 aliphatic heterocycles. The van der Waals surface area contributed by atoms with Crippen molar-refractivity contribution in [3.8, 4) is 0 Å². The Kier molecular flexibility index (Phi) is 2.97. The van der Waals surface area contributed by atoms with Crippen LogP contribution < -0.4 is 0 Å². The highest BCUT2D eigenvalue weighted by Crippen LogP contribution is 2.59. The molecule has 1 N–H and O–H groups in total. The topological polar surface area (TPSA) is 20.2 Å². The van der Waals surface area contributed by atoms with E-state index in [1.54, 1.807) is 0 Å². The Morgan fingerprint density at radius 1 is 1.11 bits per heavy atom. The predicted molar refractivity (Wildman–Crippen MR) is 74.4 cm³/mol. The Hall–Kier alpha value is -0.820. The molecule has 3 rings (SSSR count). The molecule has 0 heterocycles. The van der Waals surface area contributed by atoms with Gasteiger partial charge in [-0.05, 0) is 48.5 Å². The molecule has 1 aromatic carbocycles. The molecular weight excluding hydrogens is 220 g/mol. The van der Waals surface area contributed by atoms with Crippen molar-refractivity contribution >= 4 is 0 Å². The van der Waals surface area contributed by atoms with Crippen LogP contribution in [0.3, 0.4) is 0 Å². The lowest BCUT2D eigenvalue weighted by Gasteiger charge is -2.42. The van der Waals surface area contributed by atoms with Crippen LogP contribution in [0.25, 0.3) is 0 Å². The molecule has 2 saturated carbocycles. The fourth-order valence-electron chi connectivity index (χ4n) is 3.98. The van der Waals surface area contributed by atoms with Gasteiger partial charge in [-0.25, -0.2) is 0 Å². The van der Waals surface area contributed by atoms with Crippen molar-refractivity contribution in [3.63, 3.8) is 0 Å². The Morgan fingerprint density at radius 3 is 2.56 bits per heavy atom. The van der Waals surface area contributed by atoms with E-state index >= 15 is 0 Å². The zero-order chi connectivity index (χ0) is 12.8. The maximum absolute atomic E-state index is 11.1. The molecular formula is C17H24O. The highest BCUT2D eigenvalue weighted by atomic mass is 16.3. The Bertz CT molecular complexity index is 413. The molecule has 2 aliphatic rings.